The third kappa shape index (κ3) is 6.35. The van der Waals surface area contributed by atoms with Crippen molar-refractivity contribution in [2.24, 2.45) is 11.8 Å². The van der Waals surface area contributed by atoms with Crippen LogP contribution < -0.4 is 4.90 Å². The van der Waals surface area contributed by atoms with Crippen molar-refractivity contribution in [1.82, 2.24) is 0 Å². The maximum Gasteiger partial charge on any atom is 0.0714 e. The molecular weight excluding hydrogens is 891 g/mol. The van der Waals surface area contributed by atoms with Crippen molar-refractivity contribution in [3.05, 3.63) is 256 Å². The van der Waals surface area contributed by atoms with Crippen molar-refractivity contribution in [3.63, 3.8) is 0 Å². The van der Waals surface area contributed by atoms with E-state index >= 15 is 0 Å². The van der Waals surface area contributed by atoms with Gasteiger partial charge in [-0.2, -0.15) is 0 Å². The fraction of sp³-hybridized carbons (Fsp3) is 0.260. The molecule has 2 saturated carbocycles. The van der Waals surface area contributed by atoms with Crippen molar-refractivity contribution in [1.29, 1.82) is 0 Å². The number of anilines is 3. The molecule has 0 aromatic heterocycles. The summed E-state index contributed by atoms with van der Waals surface area (Å²) in [6.07, 6.45) is 5.28. The summed E-state index contributed by atoms with van der Waals surface area (Å²) in [5, 5.41) is 0. The van der Waals surface area contributed by atoms with E-state index in [9.17, 15) is 0 Å². The second-order valence-corrected chi connectivity index (χ2v) is 25.3. The number of nitrogens with zero attached hydrogens (tertiary/aromatic N) is 1. The number of fused-ring (bicyclic) bond motifs is 14. The topological polar surface area (TPSA) is 3.24 Å². The molecule has 0 heterocycles. The quantitative estimate of drug-likeness (QED) is 0.161. The highest BCUT2D eigenvalue weighted by molar-refractivity contribution is 5.93. The third-order valence-corrected chi connectivity index (χ3v) is 18.9. The van der Waals surface area contributed by atoms with E-state index < -0.39 is 5.41 Å². The molecule has 2 bridgehead atoms. The molecule has 0 saturated heterocycles. The molecule has 364 valence electrons. The average Bonchev–Trinajstić information content (AvgIpc) is 4.25. The zero-order chi connectivity index (χ0) is 50.5. The Morgan fingerprint density at radius 1 is 0.405 bits per heavy atom. The molecule has 5 aliphatic rings. The molecule has 74 heavy (non-hydrogen) atoms. The number of rotatable bonds is 6. The van der Waals surface area contributed by atoms with Crippen LogP contribution in [0.4, 0.5) is 17.1 Å². The largest absolute Gasteiger partial charge is 0.310 e. The first-order valence-corrected chi connectivity index (χ1v) is 27.5. The van der Waals surface area contributed by atoms with Crippen LogP contribution in [0.2, 0.25) is 0 Å². The van der Waals surface area contributed by atoms with Crippen LogP contribution in [0.5, 0.6) is 0 Å². The van der Waals surface area contributed by atoms with E-state index in [1.807, 2.05) is 0 Å². The standard InChI is InChI=1S/C73H67N/c1-69(2,3)48-18-15-20-51(41-48)73(52-21-16-19-49(42-52)70(4,5)6)65-29-14-11-23-58(65)61-39-37-55(44-67(61)73)74(54-36-38-60-57-22-10-13-28-64(57)72(66(60)43-54)45-46-30-33-50(72)40-46)53-34-31-47(32-35-53)56-25-17-26-62-59-24-9-12-27-63(59)71(7,8)68(56)62/h9-29,31-32,34-39,41-44,46,50H,30,33,40,45H2,1-8H3. The number of benzene rings is 9. The van der Waals surface area contributed by atoms with Gasteiger partial charge in [-0.3, -0.25) is 0 Å². The van der Waals surface area contributed by atoms with Crippen molar-refractivity contribution in [2.75, 3.05) is 4.90 Å². The fourth-order valence-corrected chi connectivity index (χ4v) is 15.5. The van der Waals surface area contributed by atoms with Crippen LogP contribution in [0.3, 0.4) is 0 Å². The lowest BCUT2D eigenvalue weighted by atomic mass is 9.66. The smallest absolute Gasteiger partial charge is 0.0714 e. The van der Waals surface area contributed by atoms with E-state index in [2.05, 4.69) is 260 Å². The summed E-state index contributed by atoms with van der Waals surface area (Å²) in [5.41, 5.74) is 27.5. The number of hydrogen-bond acceptors (Lipinski definition) is 1. The molecule has 1 spiro atoms. The average molecular weight is 958 g/mol. The lowest BCUT2D eigenvalue weighted by molar-refractivity contribution is 0.327. The zero-order valence-electron chi connectivity index (χ0n) is 44.5. The van der Waals surface area contributed by atoms with Gasteiger partial charge in [-0.15, -0.1) is 0 Å². The van der Waals surface area contributed by atoms with Gasteiger partial charge in [-0.1, -0.05) is 226 Å². The summed E-state index contributed by atoms with van der Waals surface area (Å²) < 4.78 is 0. The van der Waals surface area contributed by atoms with E-state index in [1.165, 1.54) is 132 Å². The SMILES string of the molecule is CC(C)(C)c1cccc(C2(c3cccc(C(C)(C)C)c3)c3ccccc3-c3ccc(N(c4ccc(-c5cccc6c5C(C)(C)c5ccccc5-6)cc4)c4ccc5c(c4)C4(CC6CCC4C6)c4ccccc4-5)cc32)c1. The molecule has 2 fully saturated rings. The molecule has 3 atom stereocenters. The Morgan fingerprint density at radius 3 is 1.49 bits per heavy atom. The van der Waals surface area contributed by atoms with Gasteiger partial charge >= 0.3 is 0 Å². The maximum absolute atomic E-state index is 2.63. The Balaban J connectivity index is 1.00. The summed E-state index contributed by atoms with van der Waals surface area (Å²) in [4.78, 5) is 2.59. The van der Waals surface area contributed by atoms with Crippen molar-refractivity contribution >= 4 is 17.1 Å². The first kappa shape index (κ1) is 45.4. The van der Waals surface area contributed by atoms with Crippen LogP contribution in [-0.4, -0.2) is 0 Å². The highest BCUT2D eigenvalue weighted by Gasteiger charge is 2.57. The van der Waals surface area contributed by atoms with Gasteiger partial charge in [0.05, 0.1) is 5.41 Å². The van der Waals surface area contributed by atoms with E-state index in [0.717, 1.165) is 11.6 Å². The van der Waals surface area contributed by atoms with Crippen LogP contribution in [0.15, 0.2) is 200 Å². The van der Waals surface area contributed by atoms with E-state index in [-0.39, 0.29) is 21.7 Å². The predicted molar refractivity (Wildman–Crippen MR) is 310 cm³/mol. The van der Waals surface area contributed by atoms with Crippen molar-refractivity contribution in [3.8, 4) is 44.5 Å². The lowest BCUT2D eigenvalue weighted by Gasteiger charge is -2.37. The summed E-state index contributed by atoms with van der Waals surface area (Å²) in [6.45, 7) is 18.9. The molecule has 0 N–H and O–H groups in total. The minimum Gasteiger partial charge on any atom is -0.310 e. The van der Waals surface area contributed by atoms with Gasteiger partial charge < -0.3 is 4.90 Å². The van der Waals surface area contributed by atoms with Crippen LogP contribution >= 0.6 is 0 Å². The molecule has 0 aliphatic heterocycles. The summed E-state index contributed by atoms with van der Waals surface area (Å²) in [7, 11) is 0. The summed E-state index contributed by atoms with van der Waals surface area (Å²) in [5.74, 6) is 1.47. The molecule has 0 radical (unpaired) electrons. The van der Waals surface area contributed by atoms with Crippen LogP contribution in [0.1, 0.15) is 137 Å². The molecular formula is C73H67N. The van der Waals surface area contributed by atoms with Gasteiger partial charge in [-0.05, 0) is 178 Å². The summed E-state index contributed by atoms with van der Waals surface area (Å²) in [6, 6.07) is 78.2. The van der Waals surface area contributed by atoms with Crippen LogP contribution in [-0.2, 0) is 27.1 Å². The normalized spacial score (nSPS) is 19.9. The van der Waals surface area contributed by atoms with E-state index in [0.29, 0.717) is 5.92 Å². The molecule has 9 aromatic carbocycles. The van der Waals surface area contributed by atoms with Crippen molar-refractivity contribution < 1.29 is 0 Å². The molecule has 5 aliphatic carbocycles. The zero-order valence-corrected chi connectivity index (χ0v) is 44.5. The third-order valence-electron chi connectivity index (χ3n) is 18.9. The van der Waals surface area contributed by atoms with Gasteiger partial charge in [0.25, 0.3) is 0 Å². The Morgan fingerprint density at radius 2 is 0.892 bits per heavy atom. The van der Waals surface area contributed by atoms with Crippen LogP contribution in [0, 0.1) is 11.8 Å². The van der Waals surface area contributed by atoms with Gasteiger partial charge in [0, 0.05) is 27.9 Å². The lowest BCUT2D eigenvalue weighted by Crippen LogP contribution is -2.32. The van der Waals surface area contributed by atoms with Gasteiger partial charge in [0.2, 0.25) is 0 Å². The van der Waals surface area contributed by atoms with Gasteiger partial charge in [0.15, 0.2) is 0 Å². The van der Waals surface area contributed by atoms with Crippen LogP contribution in [0.25, 0.3) is 44.5 Å². The van der Waals surface area contributed by atoms with Gasteiger partial charge in [-0.25, -0.2) is 0 Å². The summed E-state index contributed by atoms with van der Waals surface area (Å²) >= 11 is 0. The molecule has 0 amide bonds. The Kier molecular flexibility index (Phi) is 9.75. The fourth-order valence-electron chi connectivity index (χ4n) is 15.5. The monoisotopic (exact) mass is 958 g/mol. The molecule has 14 rings (SSSR count). The Hall–Kier alpha value is -7.22. The Bertz CT molecular complexity index is 3700. The highest BCUT2D eigenvalue weighted by atomic mass is 15.1. The predicted octanol–water partition coefficient (Wildman–Crippen LogP) is 19.2. The van der Waals surface area contributed by atoms with E-state index in [4.69, 9.17) is 0 Å². The first-order chi connectivity index (χ1) is 35.7. The Labute approximate surface area is 440 Å². The minimum absolute atomic E-state index is 0.0286. The second kappa shape index (κ2) is 15.9. The van der Waals surface area contributed by atoms with Crippen molar-refractivity contribution in [2.45, 2.75) is 108 Å². The molecule has 9 aromatic rings. The maximum atomic E-state index is 2.63. The first-order valence-electron chi connectivity index (χ1n) is 27.5. The van der Waals surface area contributed by atoms with Gasteiger partial charge in [0.1, 0.15) is 0 Å². The van der Waals surface area contributed by atoms with E-state index in [1.54, 1.807) is 5.56 Å². The molecule has 3 unspecified atom stereocenters. The molecule has 1 nitrogen and oxygen atoms in total. The number of hydrogen-bond donors (Lipinski definition) is 0. The molecule has 1 heteroatoms. The second-order valence-electron chi connectivity index (χ2n) is 25.3. The highest BCUT2D eigenvalue weighted by Crippen LogP contribution is 2.66. The minimum atomic E-state index is -0.579.